The number of ether oxygens (including phenoxy) is 1. The van der Waals surface area contributed by atoms with Crippen LogP contribution in [0.15, 0.2) is 36.7 Å². The first kappa shape index (κ1) is 14.4. The van der Waals surface area contributed by atoms with E-state index in [1.54, 1.807) is 29.4 Å². The van der Waals surface area contributed by atoms with Crippen molar-refractivity contribution in [2.75, 3.05) is 13.1 Å². The summed E-state index contributed by atoms with van der Waals surface area (Å²) in [6.07, 6.45) is 3.80. The number of aromatic nitrogens is 2. The van der Waals surface area contributed by atoms with E-state index in [1.807, 2.05) is 13.0 Å². The summed E-state index contributed by atoms with van der Waals surface area (Å²) in [5.74, 6) is -0.389. The molecule has 0 aromatic carbocycles. The lowest BCUT2D eigenvalue weighted by molar-refractivity contribution is 0.0770. The second-order valence-corrected chi connectivity index (χ2v) is 5.33. The van der Waals surface area contributed by atoms with Crippen LogP contribution < -0.4 is 4.74 Å². The van der Waals surface area contributed by atoms with Crippen molar-refractivity contribution in [3.8, 4) is 5.88 Å². The van der Waals surface area contributed by atoms with Crippen LogP contribution in [0.2, 0.25) is 0 Å². The van der Waals surface area contributed by atoms with Crippen molar-refractivity contribution in [1.29, 1.82) is 0 Å². The van der Waals surface area contributed by atoms with Crippen LogP contribution in [0.5, 0.6) is 5.88 Å². The van der Waals surface area contributed by atoms with Crippen LogP contribution in [0.4, 0.5) is 4.39 Å². The maximum absolute atomic E-state index is 13.0. The summed E-state index contributed by atoms with van der Waals surface area (Å²) < 4.78 is 18.7. The summed E-state index contributed by atoms with van der Waals surface area (Å²) in [4.78, 5) is 21.8. The molecule has 0 saturated carbocycles. The van der Waals surface area contributed by atoms with Gasteiger partial charge in [-0.15, -0.1) is 0 Å². The van der Waals surface area contributed by atoms with Crippen molar-refractivity contribution in [2.24, 2.45) is 0 Å². The largest absolute Gasteiger partial charge is 0.472 e. The molecule has 1 aliphatic rings. The van der Waals surface area contributed by atoms with Crippen LogP contribution in [0, 0.1) is 12.9 Å². The van der Waals surface area contributed by atoms with E-state index in [1.165, 1.54) is 6.07 Å². The Morgan fingerprint density at radius 1 is 1.41 bits per heavy atom. The van der Waals surface area contributed by atoms with Gasteiger partial charge in [0.2, 0.25) is 11.8 Å². The number of aryl methyl sites for hydroxylation is 1. The third-order valence-corrected chi connectivity index (χ3v) is 3.53. The molecule has 2 aromatic rings. The predicted octanol–water partition coefficient (Wildman–Crippen LogP) is 2.22. The molecule has 1 atom stereocenters. The van der Waals surface area contributed by atoms with Gasteiger partial charge in [-0.1, -0.05) is 6.07 Å². The van der Waals surface area contributed by atoms with E-state index >= 15 is 0 Å². The van der Waals surface area contributed by atoms with Crippen LogP contribution >= 0.6 is 0 Å². The second kappa shape index (κ2) is 6.09. The van der Waals surface area contributed by atoms with E-state index in [0.29, 0.717) is 25.1 Å². The third-order valence-electron chi connectivity index (χ3n) is 3.53. The normalized spacial score (nSPS) is 17.5. The van der Waals surface area contributed by atoms with Crippen molar-refractivity contribution in [2.45, 2.75) is 19.4 Å². The highest BCUT2D eigenvalue weighted by Crippen LogP contribution is 2.18. The van der Waals surface area contributed by atoms with Crippen molar-refractivity contribution in [3.63, 3.8) is 0 Å². The molecule has 1 fully saturated rings. The van der Waals surface area contributed by atoms with Crippen molar-refractivity contribution in [1.82, 2.24) is 14.9 Å². The Balaban J connectivity index is 1.63. The van der Waals surface area contributed by atoms with Crippen molar-refractivity contribution in [3.05, 3.63) is 53.7 Å². The molecule has 1 amide bonds. The fourth-order valence-electron chi connectivity index (χ4n) is 2.49. The summed E-state index contributed by atoms with van der Waals surface area (Å²) in [7, 11) is 0. The average Bonchev–Trinajstić information content (AvgIpc) is 2.95. The standard InChI is InChI=1S/C16H16FN3O2/c1-11-7-12(9-18-8-11)16(21)20-6-5-13(10-20)22-15-4-2-3-14(17)19-15/h2-4,7-9,13H,5-6,10H2,1H3. The van der Waals surface area contributed by atoms with Crippen molar-refractivity contribution >= 4 is 5.91 Å². The lowest BCUT2D eigenvalue weighted by atomic mass is 10.2. The van der Waals surface area contributed by atoms with E-state index in [-0.39, 0.29) is 17.9 Å². The molecule has 0 N–H and O–H groups in total. The molecule has 0 spiro atoms. The summed E-state index contributed by atoms with van der Waals surface area (Å²) >= 11 is 0. The van der Waals surface area contributed by atoms with E-state index in [4.69, 9.17) is 4.74 Å². The SMILES string of the molecule is Cc1cncc(C(=O)N2CCC(Oc3cccc(F)n3)C2)c1. The molecule has 1 saturated heterocycles. The minimum atomic E-state index is -0.575. The molecule has 2 aromatic heterocycles. The quantitative estimate of drug-likeness (QED) is 0.816. The lowest BCUT2D eigenvalue weighted by Crippen LogP contribution is -2.31. The van der Waals surface area contributed by atoms with Gasteiger partial charge in [-0.05, 0) is 24.6 Å². The fraction of sp³-hybridized carbons (Fsp3) is 0.312. The number of carbonyl (C=O) groups excluding carboxylic acids is 1. The Kier molecular flexibility index (Phi) is 4.00. The molecule has 1 unspecified atom stereocenters. The maximum atomic E-state index is 13.0. The average molecular weight is 301 g/mol. The zero-order valence-electron chi connectivity index (χ0n) is 12.2. The third kappa shape index (κ3) is 3.21. The number of nitrogens with zero attached hydrogens (tertiary/aromatic N) is 3. The minimum absolute atomic E-state index is 0.0606. The number of amides is 1. The molecule has 0 radical (unpaired) electrons. The van der Waals surface area contributed by atoms with Crippen LogP contribution in [0.25, 0.3) is 0 Å². The number of hydrogen-bond acceptors (Lipinski definition) is 4. The number of hydrogen-bond donors (Lipinski definition) is 0. The Morgan fingerprint density at radius 2 is 2.27 bits per heavy atom. The Morgan fingerprint density at radius 3 is 3.05 bits per heavy atom. The minimum Gasteiger partial charge on any atom is -0.472 e. The number of likely N-dealkylation sites (tertiary alicyclic amines) is 1. The fourth-order valence-corrected chi connectivity index (χ4v) is 2.49. The van der Waals surface area contributed by atoms with Gasteiger partial charge in [0.1, 0.15) is 6.10 Å². The van der Waals surface area contributed by atoms with E-state index in [2.05, 4.69) is 9.97 Å². The van der Waals surface area contributed by atoms with E-state index < -0.39 is 5.95 Å². The first-order chi connectivity index (χ1) is 10.6. The van der Waals surface area contributed by atoms with Crippen molar-refractivity contribution < 1.29 is 13.9 Å². The number of halogens is 1. The molecular formula is C16H16FN3O2. The molecule has 3 rings (SSSR count). The van der Waals surface area contributed by atoms with Gasteiger partial charge in [-0.3, -0.25) is 9.78 Å². The van der Waals surface area contributed by atoms with Crippen LogP contribution in [0.3, 0.4) is 0 Å². The van der Waals surface area contributed by atoms with Gasteiger partial charge in [0.05, 0.1) is 12.1 Å². The zero-order chi connectivity index (χ0) is 15.5. The van der Waals surface area contributed by atoms with Gasteiger partial charge in [0.15, 0.2) is 0 Å². The lowest BCUT2D eigenvalue weighted by Gasteiger charge is -2.17. The molecule has 0 aliphatic carbocycles. The van der Waals surface area contributed by atoms with Gasteiger partial charge in [-0.2, -0.15) is 9.37 Å². The topological polar surface area (TPSA) is 55.3 Å². The van der Waals surface area contributed by atoms with Gasteiger partial charge in [0, 0.05) is 31.4 Å². The predicted molar refractivity (Wildman–Crippen MR) is 78.1 cm³/mol. The molecule has 114 valence electrons. The van der Waals surface area contributed by atoms with Crippen LogP contribution in [0.1, 0.15) is 22.3 Å². The Bertz CT molecular complexity index is 693. The van der Waals surface area contributed by atoms with Gasteiger partial charge < -0.3 is 9.64 Å². The van der Waals surface area contributed by atoms with Gasteiger partial charge >= 0.3 is 0 Å². The first-order valence-corrected chi connectivity index (χ1v) is 7.12. The molecule has 1 aliphatic heterocycles. The van der Waals surface area contributed by atoms with E-state index in [9.17, 15) is 9.18 Å². The molecule has 22 heavy (non-hydrogen) atoms. The second-order valence-electron chi connectivity index (χ2n) is 5.33. The number of carbonyl (C=O) groups is 1. The number of rotatable bonds is 3. The highest BCUT2D eigenvalue weighted by Gasteiger charge is 2.28. The zero-order valence-corrected chi connectivity index (χ0v) is 12.2. The molecule has 0 bridgehead atoms. The maximum Gasteiger partial charge on any atom is 0.255 e. The van der Waals surface area contributed by atoms with Crippen LogP contribution in [-0.2, 0) is 0 Å². The summed E-state index contributed by atoms with van der Waals surface area (Å²) in [5.41, 5.74) is 1.52. The van der Waals surface area contributed by atoms with E-state index in [0.717, 1.165) is 5.56 Å². The summed E-state index contributed by atoms with van der Waals surface area (Å²) in [6, 6.07) is 6.24. The molecule has 3 heterocycles. The van der Waals surface area contributed by atoms with Crippen LogP contribution in [-0.4, -0.2) is 40.0 Å². The molecule has 5 nitrogen and oxygen atoms in total. The Hall–Kier alpha value is -2.50. The summed E-state index contributed by atoms with van der Waals surface area (Å²) in [6.45, 7) is 2.97. The smallest absolute Gasteiger partial charge is 0.255 e. The van der Waals surface area contributed by atoms with Gasteiger partial charge in [-0.25, -0.2) is 0 Å². The Labute approximate surface area is 127 Å². The first-order valence-electron chi connectivity index (χ1n) is 7.12. The summed E-state index contributed by atoms with van der Waals surface area (Å²) in [5, 5.41) is 0. The monoisotopic (exact) mass is 301 g/mol. The molecular weight excluding hydrogens is 285 g/mol. The molecule has 6 heteroatoms. The highest BCUT2D eigenvalue weighted by atomic mass is 19.1. The van der Waals surface area contributed by atoms with Gasteiger partial charge in [0.25, 0.3) is 5.91 Å². The highest BCUT2D eigenvalue weighted by molar-refractivity contribution is 5.94. The number of pyridine rings is 2.